The molecule has 2 N–H and O–H groups in total. The minimum Gasteiger partial charge on any atom is -0.493 e. The summed E-state index contributed by atoms with van der Waals surface area (Å²) >= 11 is 0. The number of ether oxygens (including phenoxy) is 3. The third-order valence-electron chi connectivity index (χ3n) is 5.59. The van der Waals surface area contributed by atoms with E-state index in [1.54, 1.807) is 43.5 Å². The molecule has 1 unspecified atom stereocenters. The van der Waals surface area contributed by atoms with Crippen LogP contribution in [0.5, 0.6) is 17.2 Å². The maximum atomic E-state index is 13.5. The number of nitrogens with zero attached hydrogens (tertiary/aromatic N) is 2. The smallest absolute Gasteiger partial charge is 0.238 e. The average Bonchev–Trinajstić information content (AvgIpc) is 3.28. The Balaban J connectivity index is 1.81. The molecule has 0 saturated carbocycles. The summed E-state index contributed by atoms with van der Waals surface area (Å²) in [5.74, 6) is 1.13. The topological polar surface area (TPSA) is 103 Å². The molecule has 0 spiro atoms. The van der Waals surface area contributed by atoms with Crippen molar-refractivity contribution in [3.63, 3.8) is 0 Å². The lowest BCUT2D eigenvalue weighted by Gasteiger charge is -2.25. The van der Waals surface area contributed by atoms with Crippen molar-refractivity contribution in [1.29, 1.82) is 0 Å². The molecule has 0 aromatic heterocycles. The van der Waals surface area contributed by atoms with Crippen LogP contribution in [-0.4, -0.2) is 35.5 Å². The molecule has 0 aliphatic carbocycles. The number of primary sulfonamides is 1. The maximum absolute atomic E-state index is 13.5. The number of rotatable bonds is 7. The molecule has 0 radical (unpaired) electrons. The van der Waals surface area contributed by atoms with Gasteiger partial charge in [0.2, 0.25) is 15.8 Å². The first-order valence-corrected chi connectivity index (χ1v) is 11.8. The zero-order valence-corrected chi connectivity index (χ0v) is 19.7. The molecule has 10 heteroatoms. The zero-order chi connectivity index (χ0) is 24.5. The van der Waals surface area contributed by atoms with Crippen molar-refractivity contribution in [3.8, 4) is 17.2 Å². The Hall–Kier alpha value is -3.63. The molecule has 1 aliphatic rings. The summed E-state index contributed by atoms with van der Waals surface area (Å²) in [4.78, 5) is 0.00233. The molecule has 8 nitrogen and oxygen atoms in total. The normalized spacial score (nSPS) is 15.7. The van der Waals surface area contributed by atoms with E-state index < -0.39 is 10.0 Å². The van der Waals surface area contributed by atoms with Crippen LogP contribution >= 0.6 is 0 Å². The maximum Gasteiger partial charge on any atom is 0.238 e. The van der Waals surface area contributed by atoms with E-state index in [4.69, 9.17) is 24.5 Å². The SMILES string of the molecule is COc1cc(C2CC(c3ccc(F)cc3)=NN2c2ccc(S(N)(=O)=O)cc2)cc(OC)c1OC. The number of methoxy groups -OCH3 is 3. The summed E-state index contributed by atoms with van der Waals surface area (Å²) < 4.78 is 53.3. The zero-order valence-electron chi connectivity index (χ0n) is 18.9. The van der Waals surface area contributed by atoms with E-state index in [2.05, 4.69) is 0 Å². The van der Waals surface area contributed by atoms with E-state index in [0.29, 0.717) is 29.4 Å². The molecule has 1 aliphatic heterocycles. The fraction of sp³-hybridized carbons (Fsp3) is 0.208. The van der Waals surface area contributed by atoms with Gasteiger partial charge in [-0.2, -0.15) is 5.10 Å². The highest BCUT2D eigenvalue weighted by atomic mass is 32.2. The Labute approximate surface area is 197 Å². The predicted octanol–water partition coefficient (Wildman–Crippen LogP) is 3.85. The number of sulfonamides is 1. The number of hydrogen-bond donors (Lipinski definition) is 1. The van der Waals surface area contributed by atoms with Gasteiger partial charge in [-0.25, -0.2) is 17.9 Å². The Morgan fingerprint density at radius 1 is 0.941 bits per heavy atom. The summed E-state index contributed by atoms with van der Waals surface area (Å²) in [6.45, 7) is 0. The second kappa shape index (κ2) is 9.32. The van der Waals surface area contributed by atoms with E-state index in [9.17, 15) is 12.8 Å². The van der Waals surface area contributed by atoms with Gasteiger partial charge >= 0.3 is 0 Å². The van der Waals surface area contributed by atoms with Crippen molar-refractivity contribution >= 4 is 21.4 Å². The molecule has 0 bridgehead atoms. The van der Waals surface area contributed by atoms with Crippen LogP contribution in [0, 0.1) is 5.82 Å². The number of anilines is 1. The molecule has 3 aromatic rings. The van der Waals surface area contributed by atoms with E-state index in [0.717, 1.165) is 16.8 Å². The number of benzene rings is 3. The Morgan fingerprint density at radius 3 is 2.03 bits per heavy atom. The van der Waals surface area contributed by atoms with E-state index in [1.807, 2.05) is 12.1 Å². The van der Waals surface area contributed by atoms with Gasteiger partial charge in [-0.3, -0.25) is 5.01 Å². The average molecular weight is 486 g/mol. The van der Waals surface area contributed by atoms with E-state index in [1.165, 1.54) is 31.4 Å². The van der Waals surface area contributed by atoms with Crippen LogP contribution < -0.4 is 24.4 Å². The molecule has 1 atom stereocenters. The second-order valence-electron chi connectivity index (χ2n) is 7.62. The van der Waals surface area contributed by atoms with Crippen molar-refractivity contribution in [2.45, 2.75) is 17.4 Å². The highest BCUT2D eigenvalue weighted by Gasteiger charge is 2.32. The predicted molar refractivity (Wildman–Crippen MR) is 127 cm³/mol. The van der Waals surface area contributed by atoms with Gasteiger partial charge < -0.3 is 14.2 Å². The minimum absolute atomic E-state index is 0.00233. The lowest BCUT2D eigenvalue weighted by Crippen LogP contribution is -2.19. The van der Waals surface area contributed by atoms with Crippen LogP contribution in [0.2, 0.25) is 0 Å². The fourth-order valence-electron chi connectivity index (χ4n) is 3.91. The van der Waals surface area contributed by atoms with Gasteiger partial charge in [-0.1, -0.05) is 12.1 Å². The minimum atomic E-state index is -3.83. The summed E-state index contributed by atoms with van der Waals surface area (Å²) in [5.41, 5.74) is 3.02. The van der Waals surface area contributed by atoms with Gasteiger partial charge in [0.05, 0.1) is 43.7 Å². The Morgan fingerprint density at radius 2 is 1.53 bits per heavy atom. The fourth-order valence-corrected chi connectivity index (χ4v) is 4.42. The van der Waals surface area contributed by atoms with Crippen LogP contribution in [-0.2, 0) is 10.0 Å². The van der Waals surface area contributed by atoms with E-state index in [-0.39, 0.29) is 16.8 Å². The van der Waals surface area contributed by atoms with Crippen LogP contribution in [0.15, 0.2) is 70.7 Å². The number of halogens is 1. The van der Waals surface area contributed by atoms with Gasteiger partial charge in [0.1, 0.15) is 5.82 Å². The number of nitrogens with two attached hydrogens (primary N) is 1. The second-order valence-corrected chi connectivity index (χ2v) is 9.18. The summed E-state index contributed by atoms with van der Waals surface area (Å²) in [6.07, 6.45) is 0.501. The summed E-state index contributed by atoms with van der Waals surface area (Å²) in [5, 5.41) is 11.8. The molecule has 0 fully saturated rings. The summed E-state index contributed by atoms with van der Waals surface area (Å²) in [6, 6.07) is 15.7. The van der Waals surface area contributed by atoms with Crippen LogP contribution in [0.3, 0.4) is 0 Å². The molecule has 1 heterocycles. The van der Waals surface area contributed by atoms with E-state index >= 15 is 0 Å². The molecule has 34 heavy (non-hydrogen) atoms. The van der Waals surface area contributed by atoms with Crippen LogP contribution in [0.4, 0.5) is 10.1 Å². The largest absolute Gasteiger partial charge is 0.493 e. The van der Waals surface area contributed by atoms with Gasteiger partial charge in [0.15, 0.2) is 11.5 Å². The highest BCUT2D eigenvalue weighted by Crippen LogP contribution is 2.44. The lowest BCUT2D eigenvalue weighted by molar-refractivity contribution is 0.323. The third kappa shape index (κ3) is 4.55. The van der Waals surface area contributed by atoms with Crippen molar-refractivity contribution in [1.82, 2.24) is 0 Å². The monoisotopic (exact) mass is 485 g/mol. The van der Waals surface area contributed by atoms with Crippen LogP contribution in [0.25, 0.3) is 0 Å². The molecule has 4 rings (SSSR count). The van der Waals surface area contributed by atoms with Crippen LogP contribution in [0.1, 0.15) is 23.6 Å². The standard InChI is InChI=1S/C24H24FN3O5S/c1-31-22-12-16(13-23(32-2)24(22)33-3)21-14-20(15-4-6-17(25)7-5-15)27-28(21)18-8-10-19(11-9-18)34(26,29)30/h4-13,21H,14H2,1-3H3,(H2,26,29,30). The van der Waals surface area contributed by atoms with Gasteiger partial charge in [-0.05, 0) is 59.7 Å². The first kappa shape index (κ1) is 23.5. The Bertz CT molecular complexity index is 1300. The van der Waals surface area contributed by atoms with Gasteiger partial charge in [0, 0.05) is 6.42 Å². The van der Waals surface area contributed by atoms with Crippen molar-refractivity contribution in [2.75, 3.05) is 26.3 Å². The van der Waals surface area contributed by atoms with Crippen molar-refractivity contribution in [3.05, 3.63) is 77.6 Å². The molecule has 3 aromatic carbocycles. The quantitative estimate of drug-likeness (QED) is 0.545. The molecular formula is C24H24FN3O5S. The van der Waals surface area contributed by atoms with Gasteiger partial charge in [0.25, 0.3) is 0 Å². The molecular weight excluding hydrogens is 461 g/mol. The number of hydrazone groups is 1. The van der Waals surface area contributed by atoms with Gasteiger partial charge in [-0.15, -0.1) is 0 Å². The third-order valence-corrected chi connectivity index (χ3v) is 6.52. The highest BCUT2D eigenvalue weighted by molar-refractivity contribution is 7.89. The Kier molecular flexibility index (Phi) is 6.45. The first-order valence-electron chi connectivity index (χ1n) is 10.3. The van der Waals surface area contributed by atoms with Crippen molar-refractivity contribution in [2.24, 2.45) is 10.2 Å². The lowest BCUT2D eigenvalue weighted by atomic mass is 9.97. The molecule has 0 saturated heterocycles. The van der Waals surface area contributed by atoms with Crippen molar-refractivity contribution < 1.29 is 27.0 Å². The molecule has 0 amide bonds. The molecule has 178 valence electrons. The first-order chi connectivity index (χ1) is 16.2. The number of hydrogen-bond acceptors (Lipinski definition) is 7. The summed E-state index contributed by atoms with van der Waals surface area (Å²) in [7, 11) is 0.786.